The molecule has 1 unspecified atom stereocenters. The van der Waals surface area contributed by atoms with Crippen molar-refractivity contribution in [2.75, 3.05) is 33.2 Å². The monoisotopic (exact) mass is 274 g/mol. The zero-order chi connectivity index (χ0) is 14.0. The molecule has 2 fully saturated rings. The quantitative estimate of drug-likeness (QED) is 0.771. The maximum atomic E-state index is 13.2. The molecule has 0 radical (unpaired) electrons. The Morgan fingerprint density at radius 3 is 2.32 bits per heavy atom. The molecule has 0 aromatic heterocycles. The lowest BCUT2D eigenvalue weighted by Gasteiger charge is -2.38. The predicted octanol–water partition coefficient (Wildman–Crippen LogP) is 2.22. The van der Waals surface area contributed by atoms with Crippen LogP contribution in [0.25, 0.3) is 0 Å². The summed E-state index contributed by atoms with van der Waals surface area (Å²) in [6.07, 6.45) is 2.85. The highest BCUT2D eigenvalue weighted by atomic mass is 19.3. The molecule has 3 nitrogen and oxygen atoms in total. The molecule has 5 heteroatoms. The fourth-order valence-electron chi connectivity index (χ4n) is 3.23. The summed E-state index contributed by atoms with van der Waals surface area (Å²) in [5.74, 6) is -2.94. The van der Waals surface area contributed by atoms with Crippen LogP contribution >= 0.6 is 0 Å². The molecule has 19 heavy (non-hydrogen) atoms. The van der Waals surface area contributed by atoms with Gasteiger partial charge in [-0.1, -0.05) is 0 Å². The van der Waals surface area contributed by atoms with E-state index in [0.717, 1.165) is 32.9 Å². The summed E-state index contributed by atoms with van der Waals surface area (Å²) < 4.78 is 26.5. The van der Waals surface area contributed by atoms with E-state index in [2.05, 4.69) is 4.90 Å². The maximum Gasteiger partial charge on any atom is 0.248 e. The molecule has 0 saturated carbocycles. The molecule has 0 N–H and O–H groups in total. The molecule has 0 aliphatic carbocycles. The van der Waals surface area contributed by atoms with Gasteiger partial charge in [0.25, 0.3) is 0 Å². The summed E-state index contributed by atoms with van der Waals surface area (Å²) >= 11 is 0. The first kappa shape index (κ1) is 14.7. The van der Waals surface area contributed by atoms with E-state index < -0.39 is 11.8 Å². The molecule has 1 atom stereocenters. The first-order valence-electron chi connectivity index (χ1n) is 7.23. The Bertz CT molecular complexity index is 322. The lowest BCUT2D eigenvalue weighted by molar-refractivity contribution is -0.141. The Morgan fingerprint density at radius 2 is 1.79 bits per heavy atom. The van der Waals surface area contributed by atoms with E-state index in [9.17, 15) is 13.6 Å². The van der Waals surface area contributed by atoms with Gasteiger partial charge in [0.2, 0.25) is 11.8 Å². The van der Waals surface area contributed by atoms with E-state index in [-0.39, 0.29) is 11.8 Å². The van der Waals surface area contributed by atoms with E-state index in [0.29, 0.717) is 25.9 Å². The van der Waals surface area contributed by atoms with Gasteiger partial charge in [-0.3, -0.25) is 4.79 Å². The Labute approximate surface area is 113 Å². The van der Waals surface area contributed by atoms with Crippen molar-refractivity contribution < 1.29 is 13.6 Å². The summed E-state index contributed by atoms with van der Waals surface area (Å²) in [5.41, 5.74) is 0. The van der Waals surface area contributed by atoms with Crippen LogP contribution in [0.5, 0.6) is 0 Å². The van der Waals surface area contributed by atoms with Crippen LogP contribution in [0.4, 0.5) is 8.78 Å². The molecule has 2 aliphatic rings. The van der Waals surface area contributed by atoms with E-state index in [1.165, 1.54) is 0 Å². The number of likely N-dealkylation sites (tertiary alicyclic amines) is 2. The Morgan fingerprint density at radius 1 is 1.16 bits per heavy atom. The number of nitrogens with zero attached hydrogens (tertiary/aromatic N) is 2. The van der Waals surface area contributed by atoms with Crippen molar-refractivity contribution in [3.8, 4) is 0 Å². The van der Waals surface area contributed by atoms with E-state index in [4.69, 9.17) is 0 Å². The summed E-state index contributed by atoms with van der Waals surface area (Å²) in [4.78, 5) is 16.3. The second-order valence-corrected chi connectivity index (χ2v) is 6.16. The van der Waals surface area contributed by atoms with E-state index in [1.807, 2.05) is 7.05 Å². The van der Waals surface area contributed by atoms with Crippen LogP contribution in [0, 0.1) is 11.8 Å². The zero-order valence-electron chi connectivity index (χ0n) is 11.9. The molecule has 2 heterocycles. The predicted molar refractivity (Wildman–Crippen MR) is 70.1 cm³/mol. The summed E-state index contributed by atoms with van der Waals surface area (Å²) in [7, 11) is 2.03. The fraction of sp³-hybridized carbons (Fsp3) is 0.929. The third kappa shape index (κ3) is 3.65. The molecule has 2 rings (SSSR count). The van der Waals surface area contributed by atoms with Gasteiger partial charge in [-0.2, -0.15) is 0 Å². The molecule has 0 bridgehead atoms. The largest absolute Gasteiger partial charge is 0.342 e. The minimum absolute atomic E-state index is 0.0671. The van der Waals surface area contributed by atoms with Crippen molar-refractivity contribution in [1.82, 2.24) is 9.80 Å². The number of rotatable bonds is 2. The number of halogens is 2. The van der Waals surface area contributed by atoms with Crippen molar-refractivity contribution in [3.63, 3.8) is 0 Å². The van der Waals surface area contributed by atoms with Gasteiger partial charge in [0.15, 0.2) is 0 Å². The lowest BCUT2D eigenvalue weighted by Crippen LogP contribution is -2.48. The first-order chi connectivity index (χ1) is 8.88. The van der Waals surface area contributed by atoms with Gasteiger partial charge >= 0.3 is 0 Å². The summed E-state index contributed by atoms with van der Waals surface area (Å²) in [6, 6.07) is 0. The van der Waals surface area contributed by atoms with Gasteiger partial charge in [0.1, 0.15) is 0 Å². The van der Waals surface area contributed by atoms with Crippen molar-refractivity contribution in [2.45, 2.75) is 38.5 Å². The Kier molecular flexibility index (Phi) is 4.43. The number of hydrogen-bond acceptors (Lipinski definition) is 2. The van der Waals surface area contributed by atoms with Gasteiger partial charge in [0, 0.05) is 25.6 Å². The highest BCUT2D eigenvalue weighted by Gasteiger charge is 2.38. The van der Waals surface area contributed by atoms with Crippen molar-refractivity contribution >= 4 is 5.91 Å². The highest BCUT2D eigenvalue weighted by Crippen LogP contribution is 2.33. The van der Waals surface area contributed by atoms with Crippen LogP contribution in [0.3, 0.4) is 0 Å². The number of piperidine rings is 2. The average Bonchev–Trinajstić information content (AvgIpc) is 2.37. The molecular weight excluding hydrogens is 250 g/mol. The van der Waals surface area contributed by atoms with Gasteiger partial charge < -0.3 is 9.80 Å². The number of amides is 1. The number of carbonyl (C=O) groups excluding carboxylic acids is 1. The SMILES string of the molecule is CN1CCCC(C(=O)N2CCC(C(C)(F)F)CC2)C1. The minimum Gasteiger partial charge on any atom is -0.342 e. The molecular formula is C14H24F2N2O. The van der Waals surface area contributed by atoms with E-state index in [1.54, 1.807) is 4.90 Å². The minimum atomic E-state index is -2.61. The molecule has 0 aromatic carbocycles. The number of carbonyl (C=O) groups is 1. The van der Waals surface area contributed by atoms with Crippen molar-refractivity contribution in [3.05, 3.63) is 0 Å². The smallest absolute Gasteiger partial charge is 0.248 e. The Hall–Kier alpha value is -0.710. The standard InChI is InChI=1S/C14H24F2N2O/c1-14(15,16)12-5-8-18(9-6-12)13(19)11-4-3-7-17(2)10-11/h11-12H,3-10H2,1-2H3. The average molecular weight is 274 g/mol. The molecule has 0 aromatic rings. The number of alkyl halides is 2. The van der Waals surface area contributed by atoms with Crippen molar-refractivity contribution in [1.29, 1.82) is 0 Å². The summed E-state index contributed by atoms with van der Waals surface area (Å²) in [6.45, 7) is 3.84. The van der Waals surface area contributed by atoms with Crippen molar-refractivity contribution in [2.24, 2.45) is 11.8 Å². The van der Waals surface area contributed by atoms with E-state index >= 15 is 0 Å². The Balaban J connectivity index is 1.85. The fourth-order valence-corrected chi connectivity index (χ4v) is 3.23. The lowest BCUT2D eigenvalue weighted by atomic mass is 9.89. The second kappa shape index (κ2) is 5.73. The molecule has 0 spiro atoms. The van der Waals surface area contributed by atoms with Crippen LogP contribution in [0.1, 0.15) is 32.6 Å². The molecule has 1 amide bonds. The molecule has 110 valence electrons. The van der Waals surface area contributed by atoms with Crippen LogP contribution in [0.2, 0.25) is 0 Å². The normalized spacial score (nSPS) is 27.6. The topological polar surface area (TPSA) is 23.6 Å². The third-order valence-electron chi connectivity index (χ3n) is 4.50. The number of hydrogen-bond donors (Lipinski definition) is 0. The highest BCUT2D eigenvalue weighted by molar-refractivity contribution is 5.79. The first-order valence-corrected chi connectivity index (χ1v) is 7.23. The molecule has 2 aliphatic heterocycles. The van der Waals surface area contributed by atoms with Gasteiger partial charge in [-0.05, 0) is 46.2 Å². The van der Waals surface area contributed by atoms with Gasteiger partial charge in [0.05, 0.1) is 5.92 Å². The van der Waals surface area contributed by atoms with Crippen LogP contribution in [-0.2, 0) is 4.79 Å². The van der Waals surface area contributed by atoms with Crippen LogP contribution in [-0.4, -0.2) is 54.9 Å². The van der Waals surface area contributed by atoms with Crippen LogP contribution in [0.15, 0.2) is 0 Å². The molecule has 2 saturated heterocycles. The van der Waals surface area contributed by atoms with Gasteiger partial charge in [-0.25, -0.2) is 8.78 Å². The van der Waals surface area contributed by atoms with Gasteiger partial charge in [-0.15, -0.1) is 0 Å². The van der Waals surface area contributed by atoms with Crippen LogP contribution < -0.4 is 0 Å². The maximum absolute atomic E-state index is 13.2. The second-order valence-electron chi connectivity index (χ2n) is 6.16. The third-order valence-corrected chi connectivity index (χ3v) is 4.50. The summed E-state index contributed by atoms with van der Waals surface area (Å²) in [5, 5.41) is 0. The zero-order valence-corrected chi connectivity index (χ0v) is 11.9.